The van der Waals surface area contributed by atoms with E-state index in [1.165, 1.54) is 19.1 Å². The maximum Gasteiger partial charge on any atom is 0.318 e. The molecule has 0 aliphatic heterocycles. The summed E-state index contributed by atoms with van der Waals surface area (Å²) in [4.78, 5) is 21.8. The lowest BCUT2D eigenvalue weighted by Crippen LogP contribution is -2.43. The first kappa shape index (κ1) is 13.2. The highest BCUT2D eigenvalue weighted by atomic mass is 35.5. The zero-order valence-electron chi connectivity index (χ0n) is 8.96. The smallest absolute Gasteiger partial charge is 0.318 e. The van der Waals surface area contributed by atoms with E-state index in [1.54, 1.807) is 0 Å². The van der Waals surface area contributed by atoms with Crippen molar-refractivity contribution in [1.29, 1.82) is 0 Å². The highest BCUT2D eigenvalue weighted by Gasteiger charge is 2.15. The van der Waals surface area contributed by atoms with Crippen LogP contribution in [0.15, 0.2) is 18.2 Å². The number of primary amides is 1. The fourth-order valence-electron chi connectivity index (χ4n) is 1.14. The molecule has 0 fully saturated rings. The lowest BCUT2D eigenvalue weighted by Gasteiger charge is -2.14. The summed E-state index contributed by atoms with van der Waals surface area (Å²) in [5.41, 5.74) is 4.90. The predicted molar refractivity (Wildman–Crippen MR) is 62.2 cm³/mol. The molecule has 0 spiro atoms. The summed E-state index contributed by atoms with van der Waals surface area (Å²) in [6.07, 6.45) is 0. The van der Waals surface area contributed by atoms with E-state index in [2.05, 4.69) is 5.32 Å². The Morgan fingerprint density at radius 2 is 2.12 bits per heavy atom. The minimum atomic E-state index is -0.958. The summed E-state index contributed by atoms with van der Waals surface area (Å²) in [6.45, 7) is 1.46. The molecule has 92 valence electrons. The zero-order chi connectivity index (χ0) is 13.0. The van der Waals surface area contributed by atoms with Crippen molar-refractivity contribution in [2.24, 2.45) is 5.73 Å². The Morgan fingerprint density at radius 3 is 2.65 bits per heavy atom. The third-order valence-corrected chi connectivity index (χ3v) is 2.18. The number of halogens is 2. The third-order valence-electron chi connectivity index (χ3n) is 1.94. The lowest BCUT2D eigenvalue weighted by atomic mass is 10.2. The molecule has 0 saturated carbocycles. The van der Waals surface area contributed by atoms with Crippen LogP contribution in [0.25, 0.3) is 0 Å². The Kier molecular flexibility index (Phi) is 4.28. The van der Waals surface area contributed by atoms with Crippen molar-refractivity contribution in [3.8, 4) is 0 Å². The minimum Gasteiger partial charge on any atom is -0.372 e. The molecule has 0 aliphatic carbocycles. The van der Waals surface area contributed by atoms with Crippen LogP contribution in [0.5, 0.6) is 0 Å². The molecule has 0 radical (unpaired) electrons. The van der Waals surface area contributed by atoms with Crippen molar-refractivity contribution in [3.05, 3.63) is 29.0 Å². The second-order valence-electron chi connectivity index (χ2n) is 3.34. The number of anilines is 1. The van der Waals surface area contributed by atoms with Crippen molar-refractivity contribution in [1.82, 2.24) is 5.32 Å². The van der Waals surface area contributed by atoms with Gasteiger partial charge in [-0.15, -0.1) is 0 Å². The Labute approximate surface area is 102 Å². The second kappa shape index (κ2) is 5.49. The topological polar surface area (TPSA) is 84.2 Å². The van der Waals surface area contributed by atoms with Gasteiger partial charge >= 0.3 is 6.03 Å². The Balaban J connectivity index is 2.70. The van der Waals surface area contributed by atoms with Crippen LogP contribution in [0.1, 0.15) is 6.92 Å². The fraction of sp³-hybridized carbons (Fsp3) is 0.200. The van der Waals surface area contributed by atoms with Gasteiger partial charge in [0.1, 0.15) is 11.9 Å². The van der Waals surface area contributed by atoms with Gasteiger partial charge in [-0.25, -0.2) is 9.18 Å². The van der Waals surface area contributed by atoms with E-state index in [-0.39, 0.29) is 10.7 Å². The van der Waals surface area contributed by atoms with E-state index < -0.39 is 23.8 Å². The number of carbonyl (C=O) groups is 2. The van der Waals surface area contributed by atoms with Crippen LogP contribution >= 0.6 is 11.6 Å². The van der Waals surface area contributed by atoms with E-state index in [0.29, 0.717) is 0 Å². The first-order chi connectivity index (χ1) is 7.90. The number of imide groups is 1. The van der Waals surface area contributed by atoms with Crippen LogP contribution in [0, 0.1) is 5.82 Å². The third kappa shape index (κ3) is 3.92. The van der Waals surface area contributed by atoms with Gasteiger partial charge in [-0.05, 0) is 25.1 Å². The van der Waals surface area contributed by atoms with E-state index in [9.17, 15) is 14.0 Å². The monoisotopic (exact) mass is 259 g/mol. The molecule has 1 rings (SSSR count). The van der Waals surface area contributed by atoms with Gasteiger partial charge in [-0.1, -0.05) is 11.6 Å². The van der Waals surface area contributed by atoms with Crippen LogP contribution < -0.4 is 16.4 Å². The van der Waals surface area contributed by atoms with Gasteiger partial charge < -0.3 is 11.1 Å². The summed E-state index contributed by atoms with van der Waals surface area (Å²) < 4.78 is 13.4. The van der Waals surface area contributed by atoms with E-state index in [4.69, 9.17) is 17.3 Å². The number of hydrogen-bond donors (Lipinski definition) is 3. The van der Waals surface area contributed by atoms with Crippen molar-refractivity contribution < 1.29 is 14.0 Å². The predicted octanol–water partition coefficient (Wildman–Crippen LogP) is 1.47. The first-order valence-corrected chi connectivity index (χ1v) is 5.10. The van der Waals surface area contributed by atoms with Crippen LogP contribution in [0.3, 0.4) is 0 Å². The number of nitrogens with one attached hydrogen (secondary N) is 2. The summed E-state index contributed by atoms with van der Waals surface area (Å²) >= 11 is 5.58. The number of carbonyl (C=O) groups excluding carboxylic acids is 2. The van der Waals surface area contributed by atoms with Gasteiger partial charge in [0.05, 0.1) is 5.69 Å². The van der Waals surface area contributed by atoms with Gasteiger partial charge in [0, 0.05) is 5.02 Å². The van der Waals surface area contributed by atoms with Crippen LogP contribution in [0.4, 0.5) is 14.9 Å². The molecule has 3 amide bonds. The Morgan fingerprint density at radius 1 is 1.47 bits per heavy atom. The molecule has 4 N–H and O–H groups in total. The van der Waals surface area contributed by atoms with Crippen LogP contribution in [0.2, 0.25) is 5.02 Å². The second-order valence-corrected chi connectivity index (χ2v) is 3.78. The summed E-state index contributed by atoms with van der Waals surface area (Å²) in [6, 6.07) is 2.22. The molecule has 5 nitrogen and oxygen atoms in total. The highest BCUT2D eigenvalue weighted by molar-refractivity contribution is 6.30. The lowest BCUT2D eigenvalue weighted by molar-refractivity contribution is -0.120. The molecule has 1 unspecified atom stereocenters. The Hall–Kier alpha value is -1.82. The zero-order valence-corrected chi connectivity index (χ0v) is 9.72. The van der Waals surface area contributed by atoms with Gasteiger partial charge in [-0.3, -0.25) is 10.1 Å². The molecule has 0 bridgehead atoms. The molecule has 0 saturated heterocycles. The molecule has 0 aliphatic rings. The minimum absolute atomic E-state index is 0.113. The quantitative estimate of drug-likeness (QED) is 0.769. The first-order valence-electron chi connectivity index (χ1n) is 4.72. The van der Waals surface area contributed by atoms with Gasteiger partial charge in [0.15, 0.2) is 0 Å². The highest BCUT2D eigenvalue weighted by Crippen LogP contribution is 2.19. The molecular weight excluding hydrogens is 249 g/mol. The van der Waals surface area contributed by atoms with Crippen molar-refractivity contribution >= 4 is 29.2 Å². The van der Waals surface area contributed by atoms with Crippen LogP contribution in [-0.2, 0) is 4.79 Å². The summed E-state index contributed by atoms with van der Waals surface area (Å²) in [5, 5.41) is 4.72. The standard InChI is InChI=1S/C10H11ClFN3O2/c1-5(9(16)15-10(13)17)14-8-3-2-6(11)4-7(8)12/h2-5,14H,1H3,(H3,13,15,16,17). The number of hydrogen-bond acceptors (Lipinski definition) is 3. The molecular formula is C10H11ClFN3O2. The number of amides is 3. The van der Waals surface area contributed by atoms with Crippen molar-refractivity contribution in [2.75, 3.05) is 5.32 Å². The average molecular weight is 260 g/mol. The van der Waals surface area contributed by atoms with E-state index in [1.807, 2.05) is 5.32 Å². The summed E-state index contributed by atoms with van der Waals surface area (Å²) in [5.74, 6) is -1.23. The van der Waals surface area contributed by atoms with Gasteiger partial charge in [0.2, 0.25) is 5.91 Å². The SMILES string of the molecule is CC(Nc1ccc(Cl)cc1F)C(=O)NC(N)=O. The molecule has 0 aromatic heterocycles. The molecule has 17 heavy (non-hydrogen) atoms. The number of nitrogens with two attached hydrogens (primary N) is 1. The Bertz CT molecular complexity index is 453. The normalized spacial score (nSPS) is 11.7. The molecule has 1 atom stereocenters. The largest absolute Gasteiger partial charge is 0.372 e. The number of rotatable bonds is 3. The average Bonchev–Trinajstić information content (AvgIpc) is 2.21. The maximum absolute atomic E-state index is 13.4. The molecule has 7 heteroatoms. The maximum atomic E-state index is 13.4. The number of benzene rings is 1. The van der Waals surface area contributed by atoms with Gasteiger partial charge in [-0.2, -0.15) is 0 Å². The van der Waals surface area contributed by atoms with Crippen molar-refractivity contribution in [3.63, 3.8) is 0 Å². The molecule has 1 aromatic carbocycles. The fourth-order valence-corrected chi connectivity index (χ4v) is 1.29. The molecule has 0 heterocycles. The number of urea groups is 1. The van der Waals surface area contributed by atoms with Crippen molar-refractivity contribution in [2.45, 2.75) is 13.0 Å². The summed E-state index contributed by atoms with van der Waals surface area (Å²) in [7, 11) is 0. The van der Waals surface area contributed by atoms with Crippen LogP contribution in [-0.4, -0.2) is 18.0 Å². The van der Waals surface area contributed by atoms with Gasteiger partial charge in [0.25, 0.3) is 0 Å². The molecule has 1 aromatic rings. The van der Waals surface area contributed by atoms with E-state index >= 15 is 0 Å². The van der Waals surface area contributed by atoms with E-state index in [0.717, 1.165) is 6.07 Å².